The van der Waals surface area contributed by atoms with E-state index in [0.717, 1.165) is 21.3 Å². The fraction of sp³-hybridized carbons (Fsp3) is 0.161. The molecule has 2 aliphatic rings. The van der Waals surface area contributed by atoms with Crippen LogP contribution in [0.1, 0.15) is 17.2 Å². The standard InChI is InChI=1S/C31H24Br2N2O5/c1-38-25-16-23(24(33)17-26(25)39-18-19-8-4-2-5-9-19)28-27-29(40-35(28)22-10-6-3-7-11-22)31(37)34(30(27)36)21-14-12-20(32)13-15-21/h2-17,27-29H,18H2,1H3/t27-,28+,29-/m0/s1. The van der Waals surface area contributed by atoms with Gasteiger partial charge in [0.15, 0.2) is 17.6 Å². The molecule has 0 bridgehead atoms. The fourth-order valence-corrected chi connectivity index (χ4v) is 5.98. The molecule has 3 atom stereocenters. The maximum absolute atomic E-state index is 14.0. The Kier molecular flexibility index (Phi) is 7.35. The van der Waals surface area contributed by atoms with Crippen LogP contribution < -0.4 is 19.4 Å². The summed E-state index contributed by atoms with van der Waals surface area (Å²) in [5.74, 6) is -0.447. The van der Waals surface area contributed by atoms with Gasteiger partial charge in [-0.25, -0.2) is 9.96 Å². The van der Waals surface area contributed by atoms with Crippen LogP contribution in [0.3, 0.4) is 0 Å². The summed E-state index contributed by atoms with van der Waals surface area (Å²) in [6.07, 6.45) is -0.978. The third kappa shape index (κ3) is 4.78. The number of nitrogens with zero attached hydrogens (tertiary/aromatic N) is 2. The van der Waals surface area contributed by atoms with E-state index >= 15 is 0 Å². The van der Waals surface area contributed by atoms with E-state index in [-0.39, 0.29) is 5.91 Å². The van der Waals surface area contributed by atoms with Crippen molar-refractivity contribution in [3.63, 3.8) is 0 Å². The molecule has 9 heteroatoms. The molecule has 0 saturated carbocycles. The van der Waals surface area contributed by atoms with E-state index in [1.54, 1.807) is 36.4 Å². The van der Waals surface area contributed by atoms with Crippen LogP contribution in [0.25, 0.3) is 0 Å². The van der Waals surface area contributed by atoms with Crippen molar-refractivity contribution in [2.75, 3.05) is 17.1 Å². The first kappa shape index (κ1) is 26.6. The summed E-state index contributed by atoms with van der Waals surface area (Å²) in [5, 5.41) is 1.66. The SMILES string of the molecule is COc1cc([C@@H]2[C@@H]3C(=O)N(c4ccc(Br)cc4)C(=O)[C@H]3ON2c2ccccc2)c(Br)cc1OCc1ccccc1. The summed E-state index contributed by atoms with van der Waals surface area (Å²) in [7, 11) is 1.57. The van der Waals surface area contributed by atoms with Crippen molar-refractivity contribution in [1.29, 1.82) is 0 Å². The second-order valence-corrected chi connectivity index (χ2v) is 11.2. The van der Waals surface area contributed by atoms with Gasteiger partial charge in [-0.3, -0.25) is 14.4 Å². The van der Waals surface area contributed by atoms with Gasteiger partial charge in [-0.1, -0.05) is 80.4 Å². The van der Waals surface area contributed by atoms with E-state index in [1.165, 1.54) is 4.90 Å². The summed E-state index contributed by atoms with van der Waals surface area (Å²) in [6, 6.07) is 29.4. The number of carbonyl (C=O) groups is 2. The summed E-state index contributed by atoms with van der Waals surface area (Å²) in [4.78, 5) is 35.1. The van der Waals surface area contributed by atoms with E-state index in [9.17, 15) is 9.59 Å². The van der Waals surface area contributed by atoms with Gasteiger partial charge in [0, 0.05) is 8.95 Å². The van der Waals surface area contributed by atoms with Gasteiger partial charge in [-0.15, -0.1) is 0 Å². The van der Waals surface area contributed by atoms with Crippen molar-refractivity contribution >= 4 is 55.0 Å². The van der Waals surface area contributed by atoms with Crippen molar-refractivity contribution < 1.29 is 23.9 Å². The number of ether oxygens (including phenoxy) is 2. The molecule has 7 nitrogen and oxygen atoms in total. The minimum absolute atomic E-state index is 0.323. The van der Waals surface area contributed by atoms with Gasteiger partial charge < -0.3 is 9.47 Å². The number of fused-ring (bicyclic) bond motifs is 1. The molecule has 2 amide bonds. The van der Waals surface area contributed by atoms with Gasteiger partial charge in [0.05, 0.1) is 24.5 Å². The van der Waals surface area contributed by atoms with Crippen molar-refractivity contribution in [1.82, 2.24) is 0 Å². The molecule has 2 saturated heterocycles. The number of anilines is 2. The Labute approximate surface area is 248 Å². The number of hydrogen-bond donors (Lipinski definition) is 0. The molecule has 0 aliphatic carbocycles. The molecule has 4 aromatic carbocycles. The van der Waals surface area contributed by atoms with Gasteiger partial charge in [-0.05, 0) is 59.7 Å². The Morgan fingerprint density at radius 2 is 1.48 bits per heavy atom. The van der Waals surface area contributed by atoms with Crippen LogP contribution in [0.4, 0.5) is 11.4 Å². The molecule has 2 fully saturated rings. The van der Waals surface area contributed by atoms with Crippen LogP contribution in [0, 0.1) is 5.92 Å². The first-order valence-electron chi connectivity index (χ1n) is 12.6. The van der Waals surface area contributed by atoms with Crippen LogP contribution in [0.15, 0.2) is 106 Å². The second-order valence-electron chi connectivity index (χ2n) is 9.45. The third-order valence-electron chi connectivity index (χ3n) is 7.05. The second kappa shape index (κ2) is 11.1. The molecule has 0 spiro atoms. The average Bonchev–Trinajstić information content (AvgIpc) is 3.49. The van der Waals surface area contributed by atoms with Gasteiger partial charge in [0.25, 0.3) is 5.91 Å². The molecule has 2 aliphatic heterocycles. The minimum Gasteiger partial charge on any atom is -0.493 e. The van der Waals surface area contributed by atoms with Crippen LogP contribution >= 0.6 is 31.9 Å². The number of rotatable bonds is 7. The molecular weight excluding hydrogens is 640 g/mol. The van der Waals surface area contributed by atoms with Crippen LogP contribution in [0.2, 0.25) is 0 Å². The van der Waals surface area contributed by atoms with Crippen LogP contribution in [-0.2, 0) is 21.0 Å². The number of imide groups is 1. The zero-order valence-electron chi connectivity index (χ0n) is 21.4. The quantitative estimate of drug-likeness (QED) is 0.202. The zero-order chi connectivity index (χ0) is 27.8. The highest BCUT2D eigenvalue weighted by molar-refractivity contribution is 9.10. The zero-order valence-corrected chi connectivity index (χ0v) is 24.5. The number of hydroxylamine groups is 1. The fourth-order valence-electron chi connectivity index (χ4n) is 5.16. The molecule has 0 unspecified atom stereocenters. The molecule has 6 rings (SSSR count). The predicted molar refractivity (Wildman–Crippen MR) is 158 cm³/mol. The molecule has 0 aromatic heterocycles. The Morgan fingerprint density at radius 3 is 2.15 bits per heavy atom. The summed E-state index contributed by atoms with van der Waals surface area (Å²) in [5.41, 5.74) is 2.99. The number of amides is 2. The lowest BCUT2D eigenvalue weighted by atomic mass is 9.90. The Bertz CT molecular complexity index is 1550. The first-order valence-corrected chi connectivity index (χ1v) is 14.2. The van der Waals surface area contributed by atoms with Crippen LogP contribution in [0.5, 0.6) is 11.5 Å². The average molecular weight is 664 g/mol. The highest BCUT2D eigenvalue weighted by Gasteiger charge is 2.60. The molecule has 202 valence electrons. The maximum Gasteiger partial charge on any atom is 0.266 e. The van der Waals surface area contributed by atoms with Crippen molar-refractivity contribution in [2.45, 2.75) is 18.8 Å². The number of hydrogen-bond acceptors (Lipinski definition) is 6. The summed E-state index contributed by atoms with van der Waals surface area (Å²) in [6.45, 7) is 0.367. The van der Waals surface area contributed by atoms with Crippen molar-refractivity contribution in [3.05, 3.63) is 117 Å². The number of methoxy groups -OCH3 is 1. The molecule has 2 heterocycles. The lowest BCUT2D eigenvalue weighted by Gasteiger charge is -2.29. The lowest BCUT2D eigenvalue weighted by Crippen LogP contribution is -2.37. The Morgan fingerprint density at radius 1 is 0.800 bits per heavy atom. The number of benzene rings is 4. The minimum atomic E-state index is -0.978. The Balaban J connectivity index is 1.40. The molecule has 0 radical (unpaired) electrons. The van der Waals surface area contributed by atoms with Gasteiger partial charge in [0.1, 0.15) is 12.5 Å². The van der Waals surface area contributed by atoms with E-state index in [1.807, 2.05) is 72.8 Å². The monoisotopic (exact) mass is 662 g/mol. The van der Waals surface area contributed by atoms with E-state index < -0.39 is 24.0 Å². The smallest absolute Gasteiger partial charge is 0.266 e. The maximum atomic E-state index is 14.0. The van der Waals surface area contributed by atoms with E-state index in [0.29, 0.717) is 28.3 Å². The first-order chi connectivity index (χ1) is 19.5. The third-order valence-corrected chi connectivity index (χ3v) is 8.27. The summed E-state index contributed by atoms with van der Waals surface area (Å²) < 4.78 is 13.4. The van der Waals surface area contributed by atoms with Crippen molar-refractivity contribution in [3.8, 4) is 11.5 Å². The summed E-state index contributed by atoms with van der Waals surface area (Å²) >= 11 is 7.13. The molecule has 4 aromatic rings. The van der Waals surface area contributed by atoms with E-state index in [2.05, 4.69) is 31.9 Å². The molecule has 40 heavy (non-hydrogen) atoms. The number of carbonyl (C=O) groups excluding carboxylic acids is 2. The number of halogens is 2. The van der Waals surface area contributed by atoms with Crippen molar-refractivity contribution in [2.24, 2.45) is 5.92 Å². The normalized spacial score (nSPS) is 20.1. The largest absolute Gasteiger partial charge is 0.493 e. The van der Waals surface area contributed by atoms with Gasteiger partial charge in [0.2, 0.25) is 5.91 Å². The van der Waals surface area contributed by atoms with E-state index in [4.69, 9.17) is 14.3 Å². The van der Waals surface area contributed by atoms with Crippen LogP contribution in [-0.4, -0.2) is 25.0 Å². The lowest BCUT2D eigenvalue weighted by molar-refractivity contribution is -0.126. The molecular formula is C31H24Br2N2O5. The molecule has 0 N–H and O–H groups in total. The highest BCUT2D eigenvalue weighted by Crippen LogP contribution is 2.50. The predicted octanol–water partition coefficient (Wildman–Crippen LogP) is 6.85. The van der Waals surface area contributed by atoms with Gasteiger partial charge >= 0.3 is 0 Å². The van der Waals surface area contributed by atoms with Gasteiger partial charge in [-0.2, -0.15) is 0 Å². The Hall–Kier alpha value is -3.66. The number of para-hydroxylation sites is 1. The highest BCUT2D eigenvalue weighted by atomic mass is 79.9. The topological polar surface area (TPSA) is 68.3 Å².